The highest BCUT2D eigenvalue weighted by molar-refractivity contribution is 7.89. The molecule has 6 nitrogen and oxygen atoms in total. The zero-order valence-electron chi connectivity index (χ0n) is 18.1. The molecule has 0 unspecified atom stereocenters. The summed E-state index contributed by atoms with van der Waals surface area (Å²) >= 11 is 0. The van der Waals surface area contributed by atoms with Gasteiger partial charge < -0.3 is 10.1 Å². The largest absolute Gasteiger partial charge is 0.494 e. The number of hydrogen-bond donors (Lipinski definition) is 1. The number of nitrogens with zero attached hydrogens (tertiary/aromatic N) is 1. The van der Waals surface area contributed by atoms with Crippen LogP contribution in [0, 0.1) is 12.7 Å². The Labute approximate surface area is 187 Å². The van der Waals surface area contributed by atoms with Crippen LogP contribution < -0.4 is 10.1 Å². The van der Waals surface area contributed by atoms with E-state index in [1.807, 2.05) is 13.8 Å². The van der Waals surface area contributed by atoms with Crippen molar-refractivity contribution in [2.45, 2.75) is 25.3 Å². The van der Waals surface area contributed by atoms with Crippen LogP contribution in [0.4, 0.5) is 10.1 Å². The number of halogens is 1. The first-order chi connectivity index (χ1) is 15.2. The van der Waals surface area contributed by atoms with E-state index >= 15 is 0 Å². The van der Waals surface area contributed by atoms with Crippen LogP contribution in [-0.2, 0) is 16.6 Å². The Morgan fingerprint density at radius 2 is 1.75 bits per heavy atom. The van der Waals surface area contributed by atoms with Crippen molar-refractivity contribution in [3.63, 3.8) is 0 Å². The lowest BCUT2D eigenvalue weighted by molar-refractivity contribution is 0.102. The smallest absolute Gasteiger partial charge is 0.255 e. The Morgan fingerprint density at radius 3 is 2.41 bits per heavy atom. The van der Waals surface area contributed by atoms with Gasteiger partial charge in [-0.25, -0.2) is 12.8 Å². The molecule has 0 saturated carbocycles. The minimum Gasteiger partial charge on any atom is -0.494 e. The predicted octanol–water partition coefficient (Wildman–Crippen LogP) is 4.61. The van der Waals surface area contributed by atoms with Crippen molar-refractivity contribution in [1.29, 1.82) is 0 Å². The summed E-state index contributed by atoms with van der Waals surface area (Å²) in [6.07, 6.45) is 0. The Morgan fingerprint density at radius 1 is 1.06 bits per heavy atom. The van der Waals surface area contributed by atoms with E-state index in [9.17, 15) is 17.6 Å². The number of ether oxygens (including phenoxy) is 1. The average molecular weight is 457 g/mol. The second-order valence-electron chi connectivity index (χ2n) is 7.26. The Kier molecular flexibility index (Phi) is 7.27. The van der Waals surface area contributed by atoms with Gasteiger partial charge in [0.2, 0.25) is 10.0 Å². The fourth-order valence-electron chi connectivity index (χ4n) is 3.11. The molecule has 3 rings (SSSR count). The molecule has 0 heterocycles. The zero-order chi connectivity index (χ0) is 23.3. The molecule has 0 saturated heterocycles. The molecular weight excluding hydrogens is 431 g/mol. The van der Waals surface area contributed by atoms with Gasteiger partial charge in [0.1, 0.15) is 11.6 Å². The van der Waals surface area contributed by atoms with Gasteiger partial charge in [0.15, 0.2) is 0 Å². The SMILES string of the molecule is CCOc1ccc(C(=O)Nc2ccccc2F)cc1CN(C)S(=O)(=O)c1ccc(C)cc1. The lowest BCUT2D eigenvalue weighted by Crippen LogP contribution is -2.27. The van der Waals surface area contributed by atoms with Gasteiger partial charge in [-0.1, -0.05) is 29.8 Å². The number of benzene rings is 3. The topological polar surface area (TPSA) is 75.7 Å². The van der Waals surface area contributed by atoms with E-state index in [4.69, 9.17) is 4.74 Å². The second kappa shape index (κ2) is 9.93. The molecule has 0 aliphatic carbocycles. The summed E-state index contributed by atoms with van der Waals surface area (Å²) in [6, 6.07) is 17.2. The Balaban J connectivity index is 1.88. The maximum absolute atomic E-state index is 13.9. The summed E-state index contributed by atoms with van der Waals surface area (Å²) in [7, 11) is -2.28. The first kappa shape index (κ1) is 23.4. The fourth-order valence-corrected chi connectivity index (χ4v) is 4.26. The summed E-state index contributed by atoms with van der Waals surface area (Å²) in [4.78, 5) is 12.9. The monoisotopic (exact) mass is 456 g/mol. The quantitative estimate of drug-likeness (QED) is 0.537. The van der Waals surface area contributed by atoms with Gasteiger partial charge in [-0.15, -0.1) is 0 Å². The third-order valence-electron chi connectivity index (χ3n) is 4.87. The van der Waals surface area contributed by atoms with E-state index in [0.717, 1.165) is 5.56 Å². The van der Waals surface area contributed by atoms with E-state index in [0.29, 0.717) is 17.9 Å². The summed E-state index contributed by atoms with van der Waals surface area (Å²) in [5, 5.41) is 2.53. The Hall–Kier alpha value is -3.23. The average Bonchev–Trinajstić information content (AvgIpc) is 2.77. The van der Waals surface area contributed by atoms with Crippen LogP contribution in [0.2, 0.25) is 0 Å². The summed E-state index contributed by atoms with van der Waals surface area (Å²) in [5.74, 6) is -0.583. The third kappa shape index (κ3) is 5.33. The van der Waals surface area contributed by atoms with Gasteiger partial charge in [-0.2, -0.15) is 4.31 Å². The van der Waals surface area contributed by atoms with Crippen LogP contribution in [0.5, 0.6) is 5.75 Å². The number of nitrogens with one attached hydrogen (secondary N) is 1. The van der Waals surface area contributed by atoms with Crippen molar-refractivity contribution < 1.29 is 22.3 Å². The molecule has 0 atom stereocenters. The zero-order valence-corrected chi connectivity index (χ0v) is 18.9. The molecule has 168 valence electrons. The van der Waals surface area contributed by atoms with E-state index in [-0.39, 0.29) is 22.7 Å². The number of para-hydroxylation sites is 1. The van der Waals surface area contributed by atoms with Gasteiger partial charge in [0, 0.05) is 24.7 Å². The molecule has 0 fully saturated rings. The lowest BCUT2D eigenvalue weighted by Gasteiger charge is -2.20. The summed E-state index contributed by atoms with van der Waals surface area (Å²) in [6.45, 7) is 4.07. The molecule has 0 spiro atoms. The number of aryl methyl sites for hydroxylation is 1. The van der Waals surface area contributed by atoms with Crippen LogP contribution in [0.1, 0.15) is 28.4 Å². The highest BCUT2D eigenvalue weighted by Crippen LogP contribution is 2.25. The number of sulfonamides is 1. The highest BCUT2D eigenvalue weighted by atomic mass is 32.2. The number of hydrogen-bond acceptors (Lipinski definition) is 4. The van der Waals surface area contributed by atoms with Crippen LogP contribution in [-0.4, -0.2) is 32.3 Å². The normalized spacial score (nSPS) is 11.4. The van der Waals surface area contributed by atoms with E-state index in [1.54, 1.807) is 48.5 Å². The highest BCUT2D eigenvalue weighted by Gasteiger charge is 2.23. The van der Waals surface area contributed by atoms with Crippen LogP contribution in [0.15, 0.2) is 71.6 Å². The molecular formula is C24H25FN2O4S. The summed E-state index contributed by atoms with van der Waals surface area (Å²) in [5.41, 5.74) is 1.80. The molecule has 0 radical (unpaired) electrons. The van der Waals surface area contributed by atoms with E-state index < -0.39 is 21.7 Å². The van der Waals surface area contributed by atoms with Crippen molar-refractivity contribution in [3.05, 3.63) is 89.2 Å². The fraction of sp³-hybridized carbons (Fsp3) is 0.208. The number of amides is 1. The van der Waals surface area contributed by atoms with Crippen molar-refractivity contribution in [1.82, 2.24) is 4.31 Å². The van der Waals surface area contributed by atoms with Crippen LogP contribution in [0.3, 0.4) is 0 Å². The van der Waals surface area contributed by atoms with Gasteiger partial charge in [-0.05, 0) is 56.3 Å². The molecule has 0 aromatic heterocycles. The lowest BCUT2D eigenvalue weighted by atomic mass is 10.1. The molecule has 0 aliphatic heterocycles. The van der Waals surface area contributed by atoms with Crippen molar-refractivity contribution >= 4 is 21.6 Å². The molecule has 3 aromatic rings. The summed E-state index contributed by atoms with van der Waals surface area (Å²) < 4.78 is 46.7. The molecule has 0 bridgehead atoms. The molecule has 1 N–H and O–H groups in total. The number of rotatable bonds is 8. The first-order valence-corrected chi connectivity index (χ1v) is 11.5. The molecule has 0 aliphatic rings. The van der Waals surface area contributed by atoms with Crippen LogP contribution >= 0.6 is 0 Å². The Bertz CT molecular complexity index is 1210. The third-order valence-corrected chi connectivity index (χ3v) is 6.68. The van der Waals surface area contributed by atoms with Gasteiger partial charge in [0.05, 0.1) is 17.2 Å². The van der Waals surface area contributed by atoms with Crippen molar-refractivity contribution in [2.75, 3.05) is 19.0 Å². The minimum atomic E-state index is -3.75. The predicted molar refractivity (Wildman–Crippen MR) is 122 cm³/mol. The van der Waals surface area contributed by atoms with Gasteiger partial charge in [0.25, 0.3) is 5.91 Å². The van der Waals surface area contributed by atoms with Crippen molar-refractivity contribution in [2.24, 2.45) is 0 Å². The standard InChI is InChI=1S/C24H25FN2O4S/c1-4-31-23-14-11-18(24(28)26-22-8-6-5-7-21(22)25)15-19(23)16-27(3)32(29,30)20-12-9-17(2)10-13-20/h5-15H,4,16H2,1-3H3,(H,26,28). The number of anilines is 1. The number of carbonyl (C=O) groups excluding carboxylic acids is 1. The molecule has 3 aromatic carbocycles. The van der Waals surface area contributed by atoms with Gasteiger partial charge in [-0.3, -0.25) is 4.79 Å². The van der Waals surface area contributed by atoms with E-state index in [2.05, 4.69) is 5.32 Å². The van der Waals surface area contributed by atoms with Crippen molar-refractivity contribution in [3.8, 4) is 5.75 Å². The maximum Gasteiger partial charge on any atom is 0.255 e. The molecule has 1 amide bonds. The first-order valence-electron chi connectivity index (χ1n) is 10.1. The number of carbonyl (C=O) groups is 1. The minimum absolute atomic E-state index is 0.00758. The molecule has 32 heavy (non-hydrogen) atoms. The van der Waals surface area contributed by atoms with Gasteiger partial charge >= 0.3 is 0 Å². The van der Waals surface area contributed by atoms with E-state index in [1.165, 1.54) is 29.6 Å². The molecule has 8 heteroatoms. The second-order valence-corrected chi connectivity index (χ2v) is 9.31. The maximum atomic E-state index is 13.9. The van der Waals surface area contributed by atoms with Crippen LogP contribution in [0.25, 0.3) is 0 Å².